The minimum atomic E-state index is 1.00. The fourth-order valence-corrected chi connectivity index (χ4v) is 6.50. The maximum Gasteiger partial charge on any atom is 0.0705 e. The van der Waals surface area contributed by atoms with E-state index in [1.54, 1.807) is 0 Å². The van der Waals surface area contributed by atoms with Crippen LogP contribution in [0.5, 0.6) is 0 Å². The summed E-state index contributed by atoms with van der Waals surface area (Å²) >= 11 is 0. The molecule has 0 saturated heterocycles. The van der Waals surface area contributed by atoms with Gasteiger partial charge in [0.2, 0.25) is 0 Å². The van der Waals surface area contributed by atoms with Crippen LogP contribution in [0.4, 0.5) is 0 Å². The summed E-state index contributed by atoms with van der Waals surface area (Å²) in [5.74, 6) is 0. The largest absolute Gasteiger partial charge is 0.253 e. The van der Waals surface area contributed by atoms with Crippen LogP contribution >= 0.6 is 0 Å². The Bertz CT molecular complexity index is 2240. The summed E-state index contributed by atoms with van der Waals surface area (Å²) in [6.07, 6.45) is 0. The minimum Gasteiger partial charge on any atom is -0.253 e. The van der Waals surface area contributed by atoms with Crippen LogP contribution in [0.1, 0.15) is 5.69 Å². The second-order valence-electron chi connectivity index (χ2n) is 11.2. The van der Waals surface area contributed by atoms with Gasteiger partial charge in [-0.2, -0.15) is 0 Å². The SMILES string of the molecule is Cc1cccc(-c2cccc(-c3ccc4ccc(-c5c6ccccc6c(-c6ccccc6)c6ccccc56)cc4c3)c2)n1. The molecule has 1 heterocycles. The normalized spacial score (nSPS) is 11.4. The lowest BCUT2D eigenvalue weighted by atomic mass is 9.85. The number of aromatic nitrogens is 1. The summed E-state index contributed by atoms with van der Waals surface area (Å²) in [5, 5.41) is 7.56. The summed E-state index contributed by atoms with van der Waals surface area (Å²) in [4.78, 5) is 4.75. The minimum absolute atomic E-state index is 1.00. The van der Waals surface area contributed by atoms with Crippen molar-refractivity contribution >= 4 is 32.3 Å². The molecule has 1 aromatic heterocycles. The van der Waals surface area contributed by atoms with Crippen LogP contribution in [0.2, 0.25) is 0 Å². The maximum atomic E-state index is 4.75. The van der Waals surface area contributed by atoms with E-state index >= 15 is 0 Å². The fraction of sp³-hybridized carbons (Fsp3) is 0.0238. The van der Waals surface area contributed by atoms with Gasteiger partial charge < -0.3 is 0 Å². The maximum absolute atomic E-state index is 4.75. The lowest BCUT2D eigenvalue weighted by Crippen LogP contribution is -1.91. The molecule has 0 atom stereocenters. The van der Waals surface area contributed by atoms with Gasteiger partial charge >= 0.3 is 0 Å². The molecule has 202 valence electrons. The highest BCUT2D eigenvalue weighted by Crippen LogP contribution is 2.44. The Morgan fingerprint density at radius 1 is 0.349 bits per heavy atom. The van der Waals surface area contributed by atoms with Gasteiger partial charge in [0, 0.05) is 11.3 Å². The average Bonchev–Trinajstić information content (AvgIpc) is 3.07. The number of benzene rings is 7. The van der Waals surface area contributed by atoms with Crippen LogP contribution in [-0.2, 0) is 0 Å². The third-order valence-electron chi connectivity index (χ3n) is 8.50. The van der Waals surface area contributed by atoms with Gasteiger partial charge in [0.1, 0.15) is 0 Å². The molecule has 7 aromatic carbocycles. The molecule has 0 saturated carbocycles. The molecule has 0 amide bonds. The zero-order valence-electron chi connectivity index (χ0n) is 24.0. The van der Waals surface area contributed by atoms with Crippen molar-refractivity contribution in [2.75, 3.05) is 0 Å². The van der Waals surface area contributed by atoms with E-state index in [0.717, 1.165) is 17.0 Å². The lowest BCUT2D eigenvalue weighted by molar-refractivity contribution is 1.21. The van der Waals surface area contributed by atoms with Crippen LogP contribution < -0.4 is 0 Å². The molecule has 43 heavy (non-hydrogen) atoms. The predicted octanol–water partition coefficient (Wildman–Crippen LogP) is 11.5. The van der Waals surface area contributed by atoms with E-state index in [-0.39, 0.29) is 0 Å². The Balaban J connectivity index is 1.31. The molecule has 8 aromatic rings. The number of hydrogen-bond acceptors (Lipinski definition) is 1. The molecule has 1 nitrogen and oxygen atoms in total. The molecular weight excluding hydrogens is 518 g/mol. The number of fused-ring (bicyclic) bond motifs is 3. The topological polar surface area (TPSA) is 12.9 Å². The molecule has 0 radical (unpaired) electrons. The Kier molecular flexibility index (Phi) is 6.09. The lowest BCUT2D eigenvalue weighted by Gasteiger charge is -2.18. The van der Waals surface area contributed by atoms with Gasteiger partial charge in [-0.3, -0.25) is 4.98 Å². The van der Waals surface area contributed by atoms with Crippen molar-refractivity contribution in [3.8, 4) is 44.6 Å². The van der Waals surface area contributed by atoms with Crippen molar-refractivity contribution in [3.63, 3.8) is 0 Å². The molecule has 0 aliphatic heterocycles. The number of aryl methyl sites for hydroxylation is 1. The second kappa shape index (κ2) is 10.4. The van der Waals surface area contributed by atoms with E-state index in [4.69, 9.17) is 4.98 Å². The highest BCUT2D eigenvalue weighted by molar-refractivity contribution is 6.21. The third kappa shape index (κ3) is 4.47. The fourth-order valence-electron chi connectivity index (χ4n) is 6.50. The predicted molar refractivity (Wildman–Crippen MR) is 183 cm³/mol. The first kappa shape index (κ1) is 25.2. The van der Waals surface area contributed by atoms with Gasteiger partial charge in [-0.1, -0.05) is 127 Å². The number of nitrogens with zero attached hydrogens (tertiary/aromatic N) is 1. The summed E-state index contributed by atoms with van der Waals surface area (Å²) in [6.45, 7) is 2.04. The Morgan fingerprint density at radius 2 is 0.860 bits per heavy atom. The van der Waals surface area contributed by atoms with Gasteiger partial charge in [-0.05, 0) is 103 Å². The molecule has 0 spiro atoms. The van der Waals surface area contributed by atoms with Crippen molar-refractivity contribution < 1.29 is 0 Å². The smallest absolute Gasteiger partial charge is 0.0705 e. The third-order valence-corrected chi connectivity index (χ3v) is 8.50. The van der Waals surface area contributed by atoms with Crippen LogP contribution in [0.25, 0.3) is 77.0 Å². The van der Waals surface area contributed by atoms with E-state index in [9.17, 15) is 0 Å². The van der Waals surface area contributed by atoms with Crippen LogP contribution in [0, 0.1) is 6.92 Å². The molecule has 0 aliphatic carbocycles. The number of rotatable bonds is 4. The molecule has 0 bridgehead atoms. The van der Waals surface area contributed by atoms with Gasteiger partial charge in [0.05, 0.1) is 5.69 Å². The van der Waals surface area contributed by atoms with Gasteiger partial charge in [-0.15, -0.1) is 0 Å². The van der Waals surface area contributed by atoms with Crippen molar-refractivity contribution in [1.29, 1.82) is 0 Å². The van der Waals surface area contributed by atoms with E-state index in [1.165, 1.54) is 65.7 Å². The van der Waals surface area contributed by atoms with Gasteiger partial charge in [0.25, 0.3) is 0 Å². The molecular formula is C42H29N. The first-order valence-electron chi connectivity index (χ1n) is 14.8. The first-order valence-corrected chi connectivity index (χ1v) is 14.8. The summed E-state index contributed by atoms with van der Waals surface area (Å²) in [5.41, 5.74) is 10.6. The van der Waals surface area contributed by atoms with Crippen molar-refractivity contribution in [2.24, 2.45) is 0 Å². The second-order valence-corrected chi connectivity index (χ2v) is 11.2. The van der Waals surface area contributed by atoms with Crippen molar-refractivity contribution in [3.05, 3.63) is 163 Å². The van der Waals surface area contributed by atoms with E-state index in [2.05, 4.69) is 152 Å². The van der Waals surface area contributed by atoms with Gasteiger partial charge in [0.15, 0.2) is 0 Å². The van der Waals surface area contributed by atoms with E-state index < -0.39 is 0 Å². The highest BCUT2D eigenvalue weighted by atomic mass is 14.7. The van der Waals surface area contributed by atoms with E-state index in [1.807, 2.05) is 13.0 Å². The van der Waals surface area contributed by atoms with E-state index in [0.29, 0.717) is 0 Å². The molecule has 0 unspecified atom stereocenters. The Hall–Kier alpha value is -5.53. The molecule has 1 heteroatoms. The summed E-state index contributed by atoms with van der Waals surface area (Å²) in [6, 6.07) is 57.0. The average molecular weight is 548 g/mol. The van der Waals surface area contributed by atoms with Gasteiger partial charge in [-0.25, -0.2) is 0 Å². The number of hydrogen-bond donors (Lipinski definition) is 0. The van der Waals surface area contributed by atoms with Crippen molar-refractivity contribution in [2.45, 2.75) is 6.92 Å². The Morgan fingerprint density at radius 3 is 1.53 bits per heavy atom. The van der Waals surface area contributed by atoms with Crippen LogP contribution in [0.15, 0.2) is 158 Å². The standard InChI is InChI=1S/C42H29N/c1-28-11-9-20-40(43-28)33-15-10-14-31(25-33)32-23-21-29-22-24-34(27-35(29)26-32)42-38-18-7-5-16-36(38)41(30-12-3-2-4-13-30)37-17-6-8-19-39(37)42/h2-27H,1H3. The monoisotopic (exact) mass is 547 g/mol. The molecule has 0 fully saturated rings. The molecule has 0 N–H and O–H groups in total. The van der Waals surface area contributed by atoms with Crippen LogP contribution in [-0.4, -0.2) is 4.98 Å². The molecule has 8 rings (SSSR count). The zero-order valence-corrected chi connectivity index (χ0v) is 24.0. The summed E-state index contributed by atoms with van der Waals surface area (Å²) in [7, 11) is 0. The zero-order chi connectivity index (χ0) is 28.8. The highest BCUT2D eigenvalue weighted by Gasteiger charge is 2.16. The molecule has 0 aliphatic rings. The van der Waals surface area contributed by atoms with Crippen molar-refractivity contribution in [1.82, 2.24) is 4.98 Å². The quantitative estimate of drug-likeness (QED) is 0.200. The summed E-state index contributed by atoms with van der Waals surface area (Å²) < 4.78 is 0. The van der Waals surface area contributed by atoms with Crippen LogP contribution in [0.3, 0.4) is 0 Å². The number of pyridine rings is 1. The Labute approximate surface area is 251 Å². The first-order chi connectivity index (χ1) is 21.2.